The summed E-state index contributed by atoms with van der Waals surface area (Å²) in [4.78, 5) is 0. The fourth-order valence-corrected chi connectivity index (χ4v) is 1.19. The molecule has 0 heterocycles. The molecule has 1 nitrogen and oxygen atoms in total. The highest BCUT2D eigenvalue weighted by molar-refractivity contribution is 5.40. The van der Waals surface area contributed by atoms with Gasteiger partial charge in [0.1, 0.15) is 0 Å². The van der Waals surface area contributed by atoms with E-state index in [1.807, 2.05) is 0 Å². The van der Waals surface area contributed by atoms with Crippen LogP contribution in [-0.2, 0) is 17.5 Å². The third kappa shape index (κ3) is 3.00. The minimum Gasteiger partial charge on any atom is -0.380 e. The van der Waals surface area contributed by atoms with Crippen molar-refractivity contribution in [2.75, 3.05) is 7.11 Å². The zero-order chi connectivity index (χ0) is 11.5. The number of halogens is 3. The van der Waals surface area contributed by atoms with Gasteiger partial charge in [-0.05, 0) is 23.8 Å². The van der Waals surface area contributed by atoms with Crippen molar-refractivity contribution in [2.24, 2.45) is 0 Å². The van der Waals surface area contributed by atoms with Gasteiger partial charge in [-0.15, -0.1) is 6.42 Å². The Morgan fingerprint density at radius 1 is 1.33 bits per heavy atom. The molecule has 0 aliphatic carbocycles. The number of terminal acetylenes is 1. The summed E-state index contributed by atoms with van der Waals surface area (Å²) in [5.74, 6) is 2.18. The lowest BCUT2D eigenvalue weighted by molar-refractivity contribution is -0.137. The number of alkyl halides is 3. The van der Waals surface area contributed by atoms with E-state index in [-0.39, 0.29) is 12.2 Å². The monoisotopic (exact) mass is 214 g/mol. The zero-order valence-electron chi connectivity index (χ0n) is 8.06. The number of hydrogen-bond acceptors (Lipinski definition) is 1. The molecule has 0 aliphatic rings. The van der Waals surface area contributed by atoms with Crippen molar-refractivity contribution in [3.63, 3.8) is 0 Å². The maximum Gasteiger partial charge on any atom is 0.416 e. The molecule has 1 aromatic rings. The third-order valence-electron chi connectivity index (χ3n) is 1.80. The Morgan fingerprint density at radius 2 is 2.00 bits per heavy atom. The maximum atomic E-state index is 12.4. The van der Waals surface area contributed by atoms with Crippen molar-refractivity contribution in [3.05, 3.63) is 34.9 Å². The predicted octanol–water partition coefficient (Wildman–Crippen LogP) is 2.83. The van der Waals surface area contributed by atoms with Gasteiger partial charge in [0.2, 0.25) is 0 Å². The van der Waals surface area contributed by atoms with E-state index in [9.17, 15) is 13.2 Å². The number of benzene rings is 1. The zero-order valence-corrected chi connectivity index (χ0v) is 8.06. The quantitative estimate of drug-likeness (QED) is 0.688. The summed E-state index contributed by atoms with van der Waals surface area (Å²) < 4.78 is 42.0. The van der Waals surface area contributed by atoms with Gasteiger partial charge in [-0.3, -0.25) is 0 Å². The molecule has 1 rings (SSSR count). The summed E-state index contributed by atoms with van der Waals surface area (Å²) in [5, 5.41) is 0. The lowest BCUT2D eigenvalue weighted by Crippen LogP contribution is -2.06. The summed E-state index contributed by atoms with van der Waals surface area (Å²) in [6.45, 7) is 0.110. The predicted molar refractivity (Wildman–Crippen MR) is 50.1 cm³/mol. The van der Waals surface area contributed by atoms with E-state index < -0.39 is 11.7 Å². The second-order valence-corrected chi connectivity index (χ2v) is 2.99. The van der Waals surface area contributed by atoms with Crippen molar-refractivity contribution in [1.29, 1.82) is 0 Å². The molecule has 0 amide bonds. The molecule has 1 aromatic carbocycles. The summed E-state index contributed by atoms with van der Waals surface area (Å²) in [6.07, 6.45) is 0.689. The Balaban J connectivity index is 3.19. The molecule has 0 saturated heterocycles. The summed E-state index contributed by atoms with van der Waals surface area (Å²) in [6, 6.07) is 3.47. The first kappa shape index (κ1) is 11.6. The Morgan fingerprint density at radius 3 is 2.47 bits per heavy atom. The average Bonchev–Trinajstić information content (AvgIpc) is 2.16. The van der Waals surface area contributed by atoms with Crippen LogP contribution in [0.15, 0.2) is 18.2 Å². The fourth-order valence-electron chi connectivity index (χ4n) is 1.19. The molecule has 0 aromatic heterocycles. The Bertz CT molecular complexity index is 388. The van der Waals surface area contributed by atoms with Gasteiger partial charge in [0.25, 0.3) is 0 Å². The Hall–Kier alpha value is -1.47. The number of methoxy groups -OCH3 is 1. The van der Waals surface area contributed by atoms with E-state index in [1.165, 1.54) is 13.2 Å². The van der Waals surface area contributed by atoms with Crippen LogP contribution in [0.3, 0.4) is 0 Å². The molecule has 0 radical (unpaired) electrons. The standard InChI is InChI=1S/C11H9F3O/c1-3-8-4-9(7-15-2)6-10(5-8)11(12,13)14/h1,4-6H,7H2,2H3. The van der Waals surface area contributed by atoms with Crippen LogP contribution in [-0.4, -0.2) is 7.11 Å². The van der Waals surface area contributed by atoms with E-state index in [1.54, 1.807) is 0 Å². The van der Waals surface area contributed by atoms with Crippen LogP contribution in [0.25, 0.3) is 0 Å². The van der Waals surface area contributed by atoms with Gasteiger partial charge >= 0.3 is 6.18 Å². The van der Waals surface area contributed by atoms with Gasteiger partial charge in [0, 0.05) is 12.7 Å². The van der Waals surface area contributed by atoms with Crippen LogP contribution >= 0.6 is 0 Å². The highest BCUT2D eigenvalue weighted by atomic mass is 19.4. The van der Waals surface area contributed by atoms with Crippen LogP contribution in [0.4, 0.5) is 13.2 Å². The van der Waals surface area contributed by atoms with Crippen molar-refractivity contribution in [3.8, 4) is 12.3 Å². The van der Waals surface area contributed by atoms with Gasteiger partial charge in [-0.1, -0.05) is 5.92 Å². The molecule has 0 aliphatic heterocycles. The van der Waals surface area contributed by atoms with E-state index in [4.69, 9.17) is 11.2 Å². The highest BCUT2D eigenvalue weighted by Gasteiger charge is 2.30. The summed E-state index contributed by atoms with van der Waals surface area (Å²) in [7, 11) is 1.41. The van der Waals surface area contributed by atoms with Gasteiger partial charge in [-0.25, -0.2) is 0 Å². The number of ether oxygens (including phenoxy) is 1. The molecule has 0 N–H and O–H groups in total. The summed E-state index contributed by atoms with van der Waals surface area (Å²) in [5.41, 5.74) is -0.123. The van der Waals surface area contributed by atoms with Crippen molar-refractivity contribution < 1.29 is 17.9 Å². The second-order valence-electron chi connectivity index (χ2n) is 2.99. The first-order valence-electron chi connectivity index (χ1n) is 4.14. The Labute approximate surface area is 85.9 Å². The molecule has 0 unspecified atom stereocenters. The van der Waals surface area contributed by atoms with Gasteiger partial charge in [0.05, 0.1) is 12.2 Å². The van der Waals surface area contributed by atoms with Gasteiger partial charge < -0.3 is 4.74 Å². The van der Waals surface area contributed by atoms with Crippen molar-refractivity contribution >= 4 is 0 Å². The Kier molecular flexibility index (Phi) is 3.38. The van der Waals surface area contributed by atoms with Gasteiger partial charge in [0.15, 0.2) is 0 Å². The van der Waals surface area contributed by atoms with Crippen LogP contribution < -0.4 is 0 Å². The molecule has 15 heavy (non-hydrogen) atoms. The fraction of sp³-hybridized carbons (Fsp3) is 0.273. The first-order chi connectivity index (χ1) is 6.97. The van der Waals surface area contributed by atoms with E-state index >= 15 is 0 Å². The molecule has 0 fully saturated rings. The van der Waals surface area contributed by atoms with Crippen LogP contribution in [0.1, 0.15) is 16.7 Å². The summed E-state index contributed by atoms with van der Waals surface area (Å²) >= 11 is 0. The topological polar surface area (TPSA) is 9.23 Å². The van der Waals surface area contributed by atoms with E-state index in [0.717, 1.165) is 12.1 Å². The molecule has 80 valence electrons. The lowest BCUT2D eigenvalue weighted by Gasteiger charge is -2.09. The minimum atomic E-state index is -4.38. The second kappa shape index (κ2) is 4.37. The van der Waals surface area contributed by atoms with E-state index in [0.29, 0.717) is 5.56 Å². The molecule has 4 heteroatoms. The molecule has 0 saturated carbocycles. The van der Waals surface area contributed by atoms with Crippen LogP contribution in [0.5, 0.6) is 0 Å². The van der Waals surface area contributed by atoms with Crippen molar-refractivity contribution in [1.82, 2.24) is 0 Å². The average molecular weight is 214 g/mol. The van der Waals surface area contributed by atoms with E-state index in [2.05, 4.69) is 5.92 Å². The van der Waals surface area contributed by atoms with Gasteiger partial charge in [-0.2, -0.15) is 13.2 Å². The molecule has 0 atom stereocenters. The number of rotatable bonds is 2. The number of hydrogen-bond donors (Lipinski definition) is 0. The third-order valence-corrected chi connectivity index (χ3v) is 1.80. The highest BCUT2D eigenvalue weighted by Crippen LogP contribution is 2.30. The first-order valence-corrected chi connectivity index (χ1v) is 4.14. The van der Waals surface area contributed by atoms with Crippen molar-refractivity contribution in [2.45, 2.75) is 12.8 Å². The SMILES string of the molecule is C#Cc1cc(COC)cc(C(F)(F)F)c1. The van der Waals surface area contributed by atoms with Crippen LogP contribution in [0.2, 0.25) is 0 Å². The molecular formula is C11H9F3O. The maximum absolute atomic E-state index is 12.4. The molecule has 0 spiro atoms. The normalized spacial score (nSPS) is 11.1. The molecule has 0 bridgehead atoms. The smallest absolute Gasteiger partial charge is 0.380 e. The lowest BCUT2D eigenvalue weighted by atomic mass is 10.1. The van der Waals surface area contributed by atoms with Crippen LogP contribution in [0, 0.1) is 12.3 Å². The molecular weight excluding hydrogens is 205 g/mol. The largest absolute Gasteiger partial charge is 0.416 e. The minimum absolute atomic E-state index is 0.110.